The normalized spacial score (nSPS) is 13.8. The highest BCUT2D eigenvalue weighted by atomic mass is 32.2. The van der Waals surface area contributed by atoms with Crippen LogP contribution in [0.1, 0.15) is 26.3 Å². The van der Waals surface area contributed by atoms with Gasteiger partial charge in [0.25, 0.3) is 0 Å². The molecule has 0 spiro atoms. The number of benzene rings is 1. The summed E-state index contributed by atoms with van der Waals surface area (Å²) >= 11 is 0. The van der Waals surface area contributed by atoms with Gasteiger partial charge in [-0.05, 0) is 23.5 Å². The minimum absolute atomic E-state index is 0.156. The molecule has 1 aromatic rings. The van der Waals surface area contributed by atoms with Crippen molar-refractivity contribution in [3.05, 3.63) is 29.8 Å². The first-order valence-corrected chi connectivity index (χ1v) is 7.55. The van der Waals surface area contributed by atoms with Gasteiger partial charge >= 0.3 is 0 Å². The molecule has 4 nitrogen and oxygen atoms in total. The lowest BCUT2D eigenvalue weighted by molar-refractivity contribution is 0.278. The first-order chi connectivity index (χ1) is 8.38. The lowest BCUT2D eigenvalue weighted by Crippen LogP contribution is -2.30. The molecule has 1 atom stereocenters. The van der Waals surface area contributed by atoms with Crippen molar-refractivity contribution in [3.63, 3.8) is 0 Å². The molecule has 1 unspecified atom stereocenters. The van der Waals surface area contributed by atoms with E-state index < -0.39 is 10.0 Å². The number of nitrogens with one attached hydrogen (secondary N) is 1. The van der Waals surface area contributed by atoms with Gasteiger partial charge in [-0.15, -0.1) is 0 Å². The molecule has 2 N–H and O–H groups in total. The first-order valence-electron chi connectivity index (χ1n) is 6.07. The maximum absolute atomic E-state index is 12.1. The zero-order valence-corrected chi connectivity index (χ0v) is 11.9. The summed E-state index contributed by atoms with van der Waals surface area (Å²) in [5, 5.41) is 9.16. The number of hydrogen-bond donors (Lipinski definition) is 2. The van der Waals surface area contributed by atoms with Crippen LogP contribution in [-0.2, 0) is 16.6 Å². The molecular weight excluding hydrogens is 250 g/mol. The van der Waals surface area contributed by atoms with Crippen molar-refractivity contribution < 1.29 is 13.5 Å². The summed E-state index contributed by atoms with van der Waals surface area (Å²) in [6.45, 7) is 6.24. The van der Waals surface area contributed by atoms with E-state index in [1.807, 2.05) is 6.92 Å². The smallest absolute Gasteiger partial charge is 0.240 e. The molecule has 0 aliphatic rings. The maximum atomic E-state index is 12.1. The van der Waals surface area contributed by atoms with E-state index in [4.69, 9.17) is 5.11 Å². The zero-order chi connectivity index (χ0) is 13.8. The molecule has 0 aliphatic carbocycles. The quantitative estimate of drug-likeness (QED) is 0.828. The average Bonchev–Trinajstić information content (AvgIpc) is 2.35. The highest BCUT2D eigenvalue weighted by Gasteiger charge is 2.19. The molecule has 0 radical (unpaired) electrons. The summed E-state index contributed by atoms with van der Waals surface area (Å²) in [7, 11) is -3.54. The summed E-state index contributed by atoms with van der Waals surface area (Å²) < 4.78 is 26.8. The second kappa shape index (κ2) is 6.31. The van der Waals surface area contributed by atoms with Crippen LogP contribution in [0.2, 0.25) is 0 Å². The van der Waals surface area contributed by atoms with Crippen molar-refractivity contribution in [2.24, 2.45) is 11.8 Å². The lowest BCUT2D eigenvalue weighted by Gasteiger charge is -2.17. The largest absolute Gasteiger partial charge is 0.392 e. The fourth-order valence-electron chi connectivity index (χ4n) is 1.45. The number of sulfonamides is 1. The number of rotatable bonds is 6. The SMILES string of the molecule is CC(C)C(C)CNS(=O)(=O)c1ccccc1CO. The third kappa shape index (κ3) is 3.80. The van der Waals surface area contributed by atoms with Crippen LogP contribution in [0.5, 0.6) is 0 Å². The van der Waals surface area contributed by atoms with E-state index in [1.165, 1.54) is 6.07 Å². The van der Waals surface area contributed by atoms with Gasteiger partial charge in [-0.25, -0.2) is 13.1 Å². The van der Waals surface area contributed by atoms with Crippen LogP contribution >= 0.6 is 0 Å². The minimum atomic E-state index is -3.54. The van der Waals surface area contributed by atoms with Gasteiger partial charge in [0.15, 0.2) is 0 Å². The van der Waals surface area contributed by atoms with Crippen LogP contribution in [0.4, 0.5) is 0 Å². The molecule has 5 heteroatoms. The van der Waals surface area contributed by atoms with E-state index in [1.54, 1.807) is 18.2 Å². The first kappa shape index (κ1) is 15.1. The summed E-state index contributed by atoms with van der Waals surface area (Å²) in [6, 6.07) is 6.48. The van der Waals surface area contributed by atoms with E-state index in [2.05, 4.69) is 18.6 Å². The van der Waals surface area contributed by atoms with Gasteiger partial charge in [-0.1, -0.05) is 39.0 Å². The molecule has 102 valence electrons. The number of hydrogen-bond acceptors (Lipinski definition) is 3. The van der Waals surface area contributed by atoms with E-state index in [-0.39, 0.29) is 17.4 Å². The lowest BCUT2D eigenvalue weighted by atomic mass is 9.99. The Balaban J connectivity index is 2.87. The van der Waals surface area contributed by atoms with Gasteiger partial charge in [-0.2, -0.15) is 0 Å². The topological polar surface area (TPSA) is 66.4 Å². The van der Waals surface area contributed by atoms with Crippen LogP contribution < -0.4 is 4.72 Å². The Hall–Kier alpha value is -0.910. The molecule has 1 rings (SSSR count). The predicted octanol–water partition coefficient (Wildman–Crippen LogP) is 1.75. The second-order valence-corrected chi connectivity index (χ2v) is 6.57. The Morgan fingerprint density at radius 3 is 2.39 bits per heavy atom. The number of aliphatic hydroxyl groups excluding tert-OH is 1. The molecule has 1 aromatic carbocycles. The predicted molar refractivity (Wildman–Crippen MR) is 71.6 cm³/mol. The Labute approximate surface area is 109 Å². The molecule has 0 saturated heterocycles. The fraction of sp³-hybridized carbons (Fsp3) is 0.538. The van der Waals surface area contributed by atoms with E-state index in [0.29, 0.717) is 18.0 Å². The van der Waals surface area contributed by atoms with Crippen LogP contribution in [0.25, 0.3) is 0 Å². The van der Waals surface area contributed by atoms with Gasteiger partial charge in [0, 0.05) is 6.54 Å². The molecule has 0 aliphatic heterocycles. The molecule has 0 amide bonds. The van der Waals surface area contributed by atoms with E-state index in [9.17, 15) is 8.42 Å². The van der Waals surface area contributed by atoms with Gasteiger partial charge in [-0.3, -0.25) is 0 Å². The van der Waals surface area contributed by atoms with Gasteiger partial charge in [0.1, 0.15) is 0 Å². The Bertz CT molecular complexity index is 483. The second-order valence-electron chi connectivity index (χ2n) is 4.84. The Kier molecular flexibility index (Phi) is 5.31. The van der Waals surface area contributed by atoms with Crippen molar-refractivity contribution in [1.82, 2.24) is 4.72 Å². The van der Waals surface area contributed by atoms with Crippen molar-refractivity contribution in [3.8, 4) is 0 Å². The fourth-order valence-corrected chi connectivity index (χ4v) is 2.82. The molecular formula is C13H21NO3S. The summed E-state index contributed by atoms with van der Waals surface area (Å²) in [5.41, 5.74) is 0.419. The molecule has 0 bridgehead atoms. The highest BCUT2D eigenvalue weighted by molar-refractivity contribution is 7.89. The van der Waals surface area contributed by atoms with Crippen molar-refractivity contribution >= 4 is 10.0 Å². The van der Waals surface area contributed by atoms with Crippen LogP contribution in [0, 0.1) is 11.8 Å². The summed E-state index contributed by atoms with van der Waals surface area (Å²) in [6.07, 6.45) is 0. The molecule has 0 aromatic heterocycles. The third-order valence-corrected chi connectivity index (χ3v) is 4.69. The van der Waals surface area contributed by atoms with Crippen LogP contribution in [-0.4, -0.2) is 20.1 Å². The molecule has 0 heterocycles. The van der Waals surface area contributed by atoms with E-state index >= 15 is 0 Å². The monoisotopic (exact) mass is 271 g/mol. The number of aliphatic hydroxyl groups is 1. The standard InChI is InChI=1S/C13H21NO3S/c1-10(2)11(3)8-14-18(16,17)13-7-5-4-6-12(13)9-15/h4-7,10-11,14-15H,8-9H2,1-3H3. The average molecular weight is 271 g/mol. The Morgan fingerprint density at radius 2 is 1.83 bits per heavy atom. The van der Waals surface area contributed by atoms with Crippen LogP contribution in [0.15, 0.2) is 29.2 Å². The van der Waals surface area contributed by atoms with Gasteiger partial charge < -0.3 is 5.11 Å². The zero-order valence-electron chi connectivity index (χ0n) is 11.1. The van der Waals surface area contributed by atoms with Crippen molar-refractivity contribution in [2.75, 3.05) is 6.54 Å². The van der Waals surface area contributed by atoms with Crippen LogP contribution in [0.3, 0.4) is 0 Å². The third-order valence-electron chi connectivity index (χ3n) is 3.17. The molecule has 0 saturated carbocycles. The van der Waals surface area contributed by atoms with Gasteiger partial charge in [0.05, 0.1) is 11.5 Å². The molecule has 0 fully saturated rings. The summed E-state index contributed by atoms with van der Waals surface area (Å²) in [4.78, 5) is 0.156. The maximum Gasteiger partial charge on any atom is 0.240 e. The minimum Gasteiger partial charge on any atom is -0.392 e. The van der Waals surface area contributed by atoms with Crippen molar-refractivity contribution in [2.45, 2.75) is 32.3 Å². The van der Waals surface area contributed by atoms with Gasteiger partial charge in [0.2, 0.25) is 10.0 Å². The highest BCUT2D eigenvalue weighted by Crippen LogP contribution is 2.16. The molecule has 18 heavy (non-hydrogen) atoms. The summed E-state index contributed by atoms with van der Waals surface area (Å²) in [5.74, 6) is 0.682. The van der Waals surface area contributed by atoms with Crippen molar-refractivity contribution in [1.29, 1.82) is 0 Å². The Morgan fingerprint density at radius 1 is 1.22 bits per heavy atom. The van der Waals surface area contributed by atoms with E-state index in [0.717, 1.165) is 0 Å².